The van der Waals surface area contributed by atoms with Crippen molar-refractivity contribution in [3.05, 3.63) is 0 Å². The Morgan fingerprint density at radius 1 is 0.472 bits per heavy atom. The van der Waals surface area contributed by atoms with Crippen molar-refractivity contribution in [2.45, 2.75) is 154 Å². The number of aliphatic hydroxyl groups excluding tert-OH is 2. The highest BCUT2D eigenvalue weighted by atomic mass is 16.5. The zero-order valence-corrected chi connectivity index (χ0v) is 24.7. The summed E-state index contributed by atoms with van der Waals surface area (Å²) in [4.78, 5) is 1.96. The van der Waals surface area contributed by atoms with Gasteiger partial charge in [0.25, 0.3) is 0 Å². The van der Waals surface area contributed by atoms with Crippen LogP contribution in [0.2, 0.25) is 0 Å². The largest absolute Gasteiger partial charge is 0.389 e. The van der Waals surface area contributed by atoms with Crippen LogP contribution in [0.15, 0.2) is 0 Å². The Kier molecular flexibility index (Phi) is 29.2. The van der Waals surface area contributed by atoms with Crippen molar-refractivity contribution >= 4 is 0 Å². The Bertz CT molecular complexity index is 374. The van der Waals surface area contributed by atoms with Gasteiger partial charge in [-0.05, 0) is 19.9 Å². The van der Waals surface area contributed by atoms with E-state index < -0.39 is 12.2 Å². The number of unbranched alkanes of at least 4 members (excludes halogenated alkanes) is 18. The number of ether oxygens (including phenoxy) is 2. The van der Waals surface area contributed by atoms with Gasteiger partial charge in [-0.3, -0.25) is 0 Å². The number of nitrogens with zero attached hydrogens (tertiary/aromatic N) is 1. The van der Waals surface area contributed by atoms with Crippen LogP contribution in [-0.4, -0.2) is 73.9 Å². The molecule has 0 rings (SSSR count). The fraction of sp³-hybridized carbons (Fsp3) is 1.00. The molecule has 0 aromatic rings. The molecular weight excluding hydrogens is 450 g/mol. The van der Waals surface area contributed by atoms with E-state index >= 15 is 0 Å². The minimum atomic E-state index is -0.516. The molecular formula is C31H65NO4. The topological polar surface area (TPSA) is 62.2 Å². The quantitative estimate of drug-likeness (QED) is 0.0969. The Balaban J connectivity index is 3.41. The van der Waals surface area contributed by atoms with Crippen LogP contribution in [0.1, 0.15) is 142 Å². The number of rotatable bonds is 30. The summed E-state index contributed by atoms with van der Waals surface area (Å²) < 4.78 is 11.3. The minimum absolute atomic E-state index is 0.368. The molecule has 0 spiro atoms. The molecule has 0 fully saturated rings. The standard InChI is InChI=1S/C31H65NO4/c1-4-6-8-10-12-14-16-18-20-22-24-35-28-30(33)26-32(3)27-31(34)29-36-25-23-21-19-17-15-13-11-9-7-5-2/h30-31,33-34H,4-29H2,1-3H3. The van der Waals surface area contributed by atoms with Gasteiger partial charge in [0.2, 0.25) is 0 Å². The average molecular weight is 516 g/mol. The fourth-order valence-corrected chi connectivity index (χ4v) is 4.72. The lowest BCUT2D eigenvalue weighted by molar-refractivity contribution is -0.00485. The molecule has 0 aliphatic carbocycles. The van der Waals surface area contributed by atoms with Gasteiger partial charge in [0.05, 0.1) is 25.4 Å². The van der Waals surface area contributed by atoms with Crippen LogP contribution in [0.5, 0.6) is 0 Å². The summed E-state index contributed by atoms with van der Waals surface area (Å²) >= 11 is 0. The number of aliphatic hydroxyl groups is 2. The van der Waals surface area contributed by atoms with E-state index in [0.717, 1.165) is 26.1 Å². The van der Waals surface area contributed by atoms with Gasteiger partial charge in [0.1, 0.15) is 0 Å². The van der Waals surface area contributed by atoms with Crippen LogP contribution < -0.4 is 0 Å². The lowest BCUT2D eigenvalue weighted by Gasteiger charge is -2.23. The minimum Gasteiger partial charge on any atom is -0.389 e. The maximum atomic E-state index is 10.2. The summed E-state index contributed by atoms with van der Waals surface area (Å²) in [6.45, 7) is 7.74. The van der Waals surface area contributed by atoms with Crippen LogP contribution >= 0.6 is 0 Å². The molecule has 2 atom stereocenters. The lowest BCUT2D eigenvalue weighted by Crippen LogP contribution is -2.38. The zero-order valence-electron chi connectivity index (χ0n) is 24.7. The molecule has 0 amide bonds. The van der Waals surface area contributed by atoms with Gasteiger partial charge in [-0.1, -0.05) is 129 Å². The second kappa shape index (κ2) is 29.4. The monoisotopic (exact) mass is 515 g/mol. The molecule has 0 aliphatic rings. The maximum absolute atomic E-state index is 10.2. The van der Waals surface area contributed by atoms with Crippen molar-refractivity contribution in [1.29, 1.82) is 0 Å². The molecule has 0 saturated heterocycles. The Labute approximate surface area is 225 Å². The second-order valence-corrected chi connectivity index (χ2v) is 11.0. The predicted octanol–water partition coefficient (Wildman–Crippen LogP) is 7.52. The molecule has 0 aromatic heterocycles. The molecule has 218 valence electrons. The predicted molar refractivity (Wildman–Crippen MR) is 155 cm³/mol. The summed E-state index contributed by atoms with van der Waals surface area (Å²) in [5, 5.41) is 20.4. The third-order valence-electron chi connectivity index (χ3n) is 6.95. The van der Waals surface area contributed by atoms with E-state index in [9.17, 15) is 10.2 Å². The number of likely N-dealkylation sites (N-methyl/N-ethyl adjacent to an activating group) is 1. The van der Waals surface area contributed by atoms with Crippen molar-refractivity contribution < 1.29 is 19.7 Å². The van der Waals surface area contributed by atoms with Crippen LogP contribution in [0.25, 0.3) is 0 Å². The molecule has 5 heteroatoms. The molecule has 2 unspecified atom stereocenters. The van der Waals surface area contributed by atoms with Crippen LogP contribution in [-0.2, 0) is 9.47 Å². The first-order chi connectivity index (χ1) is 17.6. The third kappa shape index (κ3) is 28.4. The SMILES string of the molecule is CCCCCCCCCCCCOCC(O)CN(C)CC(O)COCCCCCCCCCCCC. The van der Waals surface area contributed by atoms with E-state index in [1.165, 1.54) is 116 Å². The van der Waals surface area contributed by atoms with Crippen molar-refractivity contribution in [3.8, 4) is 0 Å². The summed E-state index contributed by atoms with van der Waals surface area (Å²) in [7, 11) is 1.93. The molecule has 0 radical (unpaired) electrons. The van der Waals surface area contributed by atoms with E-state index in [2.05, 4.69) is 13.8 Å². The zero-order chi connectivity index (χ0) is 26.5. The molecule has 0 aliphatic heterocycles. The Morgan fingerprint density at radius 2 is 0.750 bits per heavy atom. The van der Waals surface area contributed by atoms with Crippen LogP contribution in [0.4, 0.5) is 0 Å². The van der Waals surface area contributed by atoms with Crippen molar-refractivity contribution in [2.24, 2.45) is 0 Å². The van der Waals surface area contributed by atoms with Gasteiger partial charge >= 0.3 is 0 Å². The number of hydrogen-bond donors (Lipinski definition) is 2. The summed E-state index contributed by atoms with van der Waals surface area (Å²) in [5.74, 6) is 0. The van der Waals surface area contributed by atoms with E-state index in [1.54, 1.807) is 0 Å². The van der Waals surface area contributed by atoms with E-state index in [0.29, 0.717) is 26.3 Å². The summed E-state index contributed by atoms with van der Waals surface area (Å²) in [6, 6.07) is 0. The van der Waals surface area contributed by atoms with Crippen molar-refractivity contribution in [3.63, 3.8) is 0 Å². The normalized spacial score (nSPS) is 13.5. The maximum Gasteiger partial charge on any atom is 0.0900 e. The van der Waals surface area contributed by atoms with Gasteiger partial charge in [-0.2, -0.15) is 0 Å². The summed E-state index contributed by atoms with van der Waals surface area (Å²) in [5.41, 5.74) is 0. The van der Waals surface area contributed by atoms with Crippen LogP contribution in [0, 0.1) is 0 Å². The molecule has 0 bridgehead atoms. The molecule has 5 nitrogen and oxygen atoms in total. The van der Waals surface area contributed by atoms with E-state index in [4.69, 9.17) is 9.47 Å². The van der Waals surface area contributed by atoms with Gasteiger partial charge in [-0.25, -0.2) is 0 Å². The average Bonchev–Trinajstić information content (AvgIpc) is 2.85. The van der Waals surface area contributed by atoms with Crippen molar-refractivity contribution in [1.82, 2.24) is 4.90 Å². The highest BCUT2D eigenvalue weighted by Crippen LogP contribution is 2.11. The van der Waals surface area contributed by atoms with Gasteiger partial charge in [0.15, 0.2) is 0 Å². The smallest absolute Gasteiger partial charge is 0.0900 e. The Hall–Kier alpha value is -0.200. The first-order valence-corrected chi connectivity index (χ1v) is 15.8. The van der Waals surface area contributed by atoms with Crippen LogP contribution in [0.3, 0.4) is 0 Å². The highest BCUT2D eigenvalue weighted by Gasteiger charge is 2.13. The molecule has 2 N–H and O–H groups in total. The van der Waals surface area contributed by atoms with Gasteiger partial charge in [-0.15, -0.1) is 0 Å². The molecule has 36 heavy (non-hydrogen) atoms. The number of hydrogen-bond acceptors (Lipinski definition) is 5. The molecule has 0 saturated carbocycles. The summed E-state index contributed by atoms with van der Waals surface area (Å²) in [6.07, 6.45) is 25.3. The first-order valence-electron chi connectivity index (χ1n) is 15.8. The van der Waals surface area contributed by atoms with E-state index in [1.807, 2.05) is 11.9 Å². The lowest BCUT2D eigenvalue weighted by atomic mass is 10.1. The second-order valence-electron chi connectivity index (χ2n) is 11.0. The fourth-order valence-electron chi connectivity index (χ4n) is 4.72. The molecule has 0 heterocycles. The van der Waals surface area contributed by atoms with Gasteiger partial charge in [0, 0.05) is 26.3 Å². The Morgan fingerprint density at radius 3 is 1.06 bits per heavy atom. The van der Waals surface area contributed by atoms with E-state index in [-0.39, 0.29) is 0 Å². The highest BCUT2D eigenvalue weighted by molar-refractivity contribution is 4.65. The van der Waals surface area contributed by atoms with Crippen molar-refractivity contribution in [2.75, 3.05) is 46.6 Å². The van der Waals surface area contributed by atoms with Gasteiger partial charge < -0.3 is 24.6 Å². The third-order valence-corrected chi connectivity index (χ3v) is 6.95. The molecule has 0 aromatic carbocycles. The first kappa shape index (κ1) is 35.8.